The van der Waals surface area contributed by atoms with E-state index in [0.717, 1.165) is 19.3 Å². The highest BCUT2D eigenvalue weighted by Gasteiger charge is 2.56. The zero-order valence-corrected chi connectivity index (χ0v) is 15.2. The van der Waals surface area contributed by atoms with Crippen LogP contribution in [0.2, 0.25) is 0 Å². The summed E-state index contributed by atoms with van der Waals surface area (Å²) in [6, 6.07) is 0. The van der Waals surface area contributed by atoms with Crippen LogP contribution in [-0.2, 0) is 4.74 Å². The van der Waals surface area contributed by atoms with Crippen molar-refractivity contribution in [2.45, 2.75) is 95.6 Å². The van der Waals surface area contributed by atoms with Crippen LogP contribution in [0.5, 0.6) is 0 Å². The van der Waals surface area contributed by atoms with Gasteiger partial charge in [-0.2, -0.15) is 22.0 Å². The molecule has 0 fully saturated rings. The third-order valence-corrected chi connectivity index (χ3v) is 4.14. The van der Waals surface area contributed by atoms with Crippen molar-refractivity contribution < 1.29 is 26.7 Å². The van der Waals surface area contributed by atoms with E-state index in [-0.39, 0.29) is 6.42 Å². The molecule has 0 aliphatic heterocycles. The molecule has 0 aliphatic rings. The summed E-state index contributed by atoms with van der Waals surface area (Å²) < 4.78 is 66.6. The number of unbranched alkanes of at least 4 members (excludes halogenated alkanes) is 10. The lowest BCUT2D eigenvalue weighted by molar-refractivity contribution is -0.284. The summed E-state index contributed by atoms with van der Waals surface area (Å²) >= 11 is 0. The minimum Gasteiger partial charge on any atom is -0.381 e. The molecule has 150 valence electrons. The van der Waals surface area contributed by atoms with E-state index in [1.807, 2.05) is 6.08 Å². The smallest absolute Gasteiger partial charge is 0.381 e. The van der Waals surface area contributed by atoms with E-state index >= 15 is 0 Å². The van der Waals surface area contributed by atoms with Crippen molar-refractivity contribution in [1.82, 2.24) is 0 Å². The van der Waals surface area contributed by atoms with Crippen LogP contribution in [0.1, 0.15) is 83.5 Å². The summed E-state index contributed by atoms with van der Waals surface area (Å²) in [6.45, 7) is 4.95. The fourth-order valence-corrected chi connectivity index (χ4v) is 2.53. The normalized spacial score (nSPS) is 12.5. The van der Waals surface area contributed by atoms with Crippen molar-refractivity contribution in [2.24, 2.45) is 0 Å². The van der Waals surface area contributed by atoms with Crippen molar-refractivity contribution in [3.8, 4) is 0 Å². The Kier molecular flexibility index (Phi) is 14.1. The molecule has 0 amide bonds. The molecule has 0 saturated heterocycles. The van der Waals surface area contributed by atoms with Gasteiger partial charge in [0.15, 0.2) is 0 Å². The van der Waals surface area contributed by atoms with Crippen molar-refractivity contribution in [1.29, 1.82) is 0 Å². The molecule has 0 spiro atoms. The van der Waals surface area contributed by atoms with Crippen molar-refractivity contribution >= 4 is 0 Å². The Morgan fingerprint density at radius 1 is 0.640 bits per heavy atom. The fourth-order valence-electron chi connectivity index (χ4n) is 2.53. The first kappa shape index (κ1) is 24.4. The number of hydrogen-bond donors (Lipinski definition) is 0. The Bertz CT molecular complexity index is 315. The van der Waals surface area contributed by atoms with Gasteiger partial charge in [0, 0.05) is 19.6 Å². The van der Waals surface area contributed by atoms with E-state index in [9.17, 15) is 22.0 Å². The molecule has 0 unspecified atom stereocenters. The van der Waals surface area contributed by atoms with Gasteiger partial charge in [-0.05, 0) is 32.1 Å². The van der Waals surface area contributed by atoms with Crippen molar-refractivity contribution in [3.05, 3.63) is 12.7 Å². The largest absolute Gasteiger partial charge is 0.453 e. The average molecular weight is 372 g/mol. The number of hydrogen-bond acceptors (Lipinski definition) is 1. The molecular weight excluding hydrogens is 339 g/mol. The number of halogens is 5. The first-order valence-corrected chi connectivity index (χ1v) is 9.44. The molecule has 0 bridgehead atoms. The van der Waals surface area contributed by atoms with Gasteiger partial charge in [0.1, 0.15) is 0 Å². The van der Waals surface area contributed by atoms with E-state index in [0.29, 0.717) is 32.5 Å². The lowest BCUT2D eigenvalue weighted by Gasteiger charge is -2.19. The van der Waals surface area contributed by atoms with Crippen LogP contribution in [0.3, 0.4) is 0 Å². The monoisotopic (exact) mass is 372 g/mol. The third-order valence-electron chi connectivity index (χ3n) is 4.14. The second kappa shape index (κ2) is 14.5. The molecule has 0 heterocycles. The van der Waals surface area contributed by atoms with E-state index in [1.54, 1.807) is 0 Å². The van der Waals surface area contributed by atoms with Crippen LogP contribution in [0.4, 0.5) is 22.0 Å². The Hall–Kier alpha value is -0.650. The van der Waals surface area contributed by atoms with E-state index in [2.05, 4.69) is 6.58 Å². The van der Waals surface area contributed by atoms with E-state index < -0.39 is 18.5 Å². The SMILES string of the molecule is C=CCCCCCCCCCOCCCCCCC(F)(F)C(F)(F)F. The van der Waals surface area contributed by atoms with Crippen LogP contribution in [0.15, 0.2) is 12.7 Å². The van der Waals surface area contributed by atoms with Gasteiger partial charge >= 0.3 is 12.1 Å². The topological polar surface area (TPSA) is 9.23 Å². The summed E-state index contributed by atoms with van der Waals surface area (Å²) in [5.41, 5.74) is 0. The minimum absolute atomic E-state index is 0.112. The van der Waals surface area contributed by atoms with Crippen LogP contribution >= 0.6 is 0 Å². The molecule has 0 atom stereocenters. The molecule has 6 heteroatoms. The molecule has 0 aromatic rings. The molecule has 0 radical (unpaired) electrons. The second-order valence-corrected chi connectivity index (χ2v) is 6.53. The molecular formula is C19H33F5O. The van der Waals surface area contributed by atoms with Crippen LogP contribution in [0.25, 0.3) is 0 Å². The van der Waals surface area contributed by atoms with Gasteiger partial charge in [-0.3, -0.25) is 0 Å². The van der Waals surface area contributed by atoms with Gasteiger partial charge in [-0.15, -0.1) is 6.58 Å². The second-order valence-electron chi connectivity index (χ2n) is 6.53. The summed E-state index contributed by atoms with van der Waals surface area (Å²) in [5, 5.41) is 0. The highest BCUT2D eigenvalue weighted by Crippen LogP contribution is 2.39. The standard InChI is InChI=1S/C19H33F5O/c1-2-3-4-5-6-7-8-10-13-16-25-17-14-11-9-12-15-18(20,21)19(22,23)24/h2H,1,3-17H2. The van der Waals surface area contributed by atoms with E-state index in [1.165, 1.54) is 32.1 Å². The van der Waals surface area contributed by atoms with E-state index in [4.69, 9.17) is 4.74 Å². The summed E-state index contributed by atoms with van der Waals surface area (Å²) in [7, 11) is 0. The number of rotatable bonds is 17. The zero-order chi connectivity index (χ0) is 19.0. The van der Waals surface area contributed by atoms with Gasteiger partial charge in [-0.1, -0.05) is 51.0 Å². The molecule has 0 N–H and O–H groups in total. The quantitative estimate of drug-likeness (QED) is 0.146. The maximum absolute atomic E-state index is 12.7. The number of alkyl halides is 5. The predicted octanol–water partition coefficient (Wildman–Crippen LogP) is 7.46. The molecule has 25 heavy (non-hydrogen) atoms. The van der Waals surface area contributed by atoms with Gasteiger partial charge in [0.05, 0.1) is 0 Å². The maximum Gasteiger partial charge on any atom is 0.453 e. The lowest BCUT2D eigenvalue weighted by Crippen LogP contribution is -2.36. The first-order chi connectivity index (χ1) is 11.8. The Morgan fingerprint density at radius 3 is 1.56 bits per heavy atom. The number of ether oxygens (including phenoxy) is 1. The summed E-state index contributed by atoms with van der Waals surface area (Å²) in [4.78, 5) is 0. The highest BCUT2D eigenvalue weighted by atomic mass is 19.4. The Morgan fingerprint density at radius 2 is 1.08 bits per heavy atom. The zero-order valence-electron chi connectivity index (χ0n) is 15.2. The molecule has 0 rings (SSSR count). The lowest BCUT2D eigenvalue weighted by atomic mass is 10.1. The van der Waals surface area contributed by atoms with Crippen LogP contribution in [0, 0.1) is 0 Å². The fraction of sp³-hybridized carbons (Fsp3) is 0.895. The molecule has 0 aromatic carbocycles. The van der Waals surface area contributed by atoms with Crippen molar-refractivity contribution in [3.63, 3.8) is 0 Å². The summed E-state index contributed by atoms with van der Waals surface area (Å²) in [5.74, 6) is -4.56. The maximum atomic E-state index is 12.7. The highest BCUT2D eigenvalue weighted by molar-refractivity contribution is 4.75. The Labute approximate surface area is 149 Å². The van der Waals surface area contributed by atoms with Crippen molar-refractivity contribution in [2.75, 3.05) is 13.2 Å². The van der Waals surface area contributed by atoms with Gasteiger partial charge in [-0.25, -0.2) is 0 Å². The molecule has 0 saturated carbocycles. The predicted molar refractivity (Wildman–Crippen MR) is 92.0 cm³/mol. The third kappa shape index (κ3) is 14.2. The molecule has 1 nitrogen and oxygen atoms in total. The Balaban J connectivity index is 3.23. The van der Waals surface area contributed by atoms with Crippen LogP contribution < -0.4 is 0 Å². The minimum atomic E-state index is -5.43. The molecule has 0 aliphatic carbocycles. The number of allylic oxidation sites excluding steroid dienone is 1. The van der Waals surface area contributed by atoms with Gasteiger partial charge in [0.25, 0.3) is 0 Å². The first-order valence-electron chi connectivity index (χ1n) is 9.44. The van der Waals surface area contributed by atoms with Gasteiger partial charge < -0.3 is 4.74 Å². The summed E-state index contributed by atoms with van der Waals surface area (Å²) in [6.07, 6.45) is 6.48. The average Bonchev–Trinajstić information content (AvgIpc) is 2.53. The van der Waals surface area contributed by atoms with Gasteiger partial charge in [0.2, 0.25) is 0 Å². The van der Waals surface area contributed by atoms with Crippen LogP contribution in [-0.4, -0.2) is 25.3 Å². The molecule has 0 aromatic heterocycles.